The van der Waals surface area contributed by atoms with Crippen molar-refractivity contribution < 1.29 is 19.1 Å². The summed E-state index contributed by atoms with van der Waals surface area (Å²) in [5.74, 6) is -1.63. The van der Waals surface area contributed by atoms with Crippen LogP contribution in [0.4, 0.5) is 0 Å². The number of carbonyl (C=O) groups excluding carboxylic acids is 3. The van der Waals surface area contributed by atoms with Gasteiger partial charge in [0.25, 0.3) is 5.91 Å². The Morgan fingerprint density at radius 3 is 2.69 bits per heavy atom. The summed E-state index contributed by atoms with van der Waals surface area (Å²) in [7, 11) is 0. The molecule has 3 aromatic rings. The number of hydrogen-bond acceptors (Lipinski definition) is 7. The molecule has 35 heavy (non-hydrogen) atoms. The minimum atomic E-state index is -0.999. The highest BCUT2D eigenvalue weighted by molar-refractivity contribution is 7.10. The first-order chi connectivity index (χ1) is 16.6. The molecule has 0 aliphatic heterocycles. The summed E-state index contributed by atoms with van der Waals surface area (Å²) in [6.07, 6.45) is 9.02. The molecule has 9 nitrogen and oxygen atoms in total. The van der Waals surface area contributed by atoms with Gasteiger partial charge in [0.2, 0.25) is 5.91 Å². The average molecular weight is 496 g/mol. The third kappa shape index (κ3) is 8.18. The molecule has 1 atom stereocenters. The van der Waals surface area contributed by atoms with E-state index in [0.29, 0.717) is 12.1 Å². The number of benzene rings is 1. The van der Waals surface area contributed by atoms with Gasteiger partial charge in [-0.05, 0) is 51.0 Å². The van der Waals surface area contributed by atoms with Gasteiger partial charge in [0.1, 0.15) is 16.7 Å². The molecule has 0 spiro atoms. The summed E-state index contributed by atoms with van der Waals surface area (Å²) in [6, 6.07) is 6.05. The van der Waals surface area contributed by atoms with Crippen LogP contribution in [0, 0.1) is 0 Å². The van der Waals surface area contributed by atoms with Gasteiger partial charge in [-0.25, -0.2) is 14.8 Å². The van der Waals surface area contributed by atoms with Crippen molar-refractivity contribution in [1.29, 1.82) is 0 Å². The van der Waals surface area contributed by atoms with Gasteiger partial charge in [0, 0.05) is 41.5 Å². The summed E-state index contributed by atoms with van der Waals surface area (Å²) in [5.41, 5.74) is 6.64. The first kappa shape index (κ1) is 25.8. The molecule has 184 valence electrons. The zero-order chi connectivity index (χ0) is 25.4. The maximum Gasteiger partial charge on any atom is 0.329 e. The SMILES string of the molecule is CC(C)(C)OC(=O)[C@H](CCC(N)=O)NC(=O)c1cccc(C=C(Cn2ccnc2)c2nccs2)c1. The topological polar surface area (TPSA) is 129 Å². The number of hydrogen-bond donors (Lipinski definition) is 2. The molecule has 0 fully saturated rings. The minimum absolute atomic E-state index is 0.0503. The maximum absolute atomic E-state index is 13.0. The second-order valence-electron chi connectivity index (χ2n) is 8.93. The van der Waals surface area contributed by atoms with Crippen molar-refractivity contribution in [2.45, 2.75) is 51.8 Å². The highest BCUT2D eigenvalue weighted by Crippen LogP contribution is 2.23. The number of esters is 1. The van der Waals surface area contributed by atoms with Crippen LogP contribution in [0.1, 0.15) is 54.5 Å². The smallest absolute Gasteiger partial charge is 0.329 e. The van der Waals surface area contributed by atoms with Crippen LogP contribution in [0.25, 0.3) is 11.6 Å². The molecule has 2 amide bonds. The van der Waals surface area contributed by atoms with E-state index in [-0.39, 0.29) is 12.8 Å². The molecule has 0 aliphatic rings. The molecule has 10 heteroatoms. The zero-order valence-corrected chi connectivity index (χ0v) is 20.7. The van der Waals surface area contributed by atoms with E-state index in [4.69, 9.17) is 10.5 Å². The molecule has 0 radical (unpaired) electrons. The van der Waals surface area contributed by atoms with Crippen molar-refractivity contribution in [3.8, 4) is 0 Å². The van der Waals surface area contributed by atoms with Gasteiger partial charge in [-0.3, -0.25) is 9.59 Å². The number of imidazole rings is 1. The Bertz CT molecular complexity index is 1180. The molecular weight excluding hydrogens is 466 g/mol. The van der Waals surface area contributed by atoms with E-state index in [9.17, 15) is 14.4 Å². The van der Waals surface area contributed by atoms with Gasteiger partial charge in [-0.2, -0.15) is 0 Å². The van der Waals surface area contributed by atoms with Crippen LogP contribution < -0.4 is 11.1 Å². The van der Waals surface area contributed by atoms with E-state index >= 15 is 0 Å². The lowest BCUT2D eigenvalue weighted by Crippen LogP contribution is -2.44. The number of allylic oxidation sites excluding steroid dienone is 1. The van der Waals surface area contributed by atoms with Crippen LogP contribution in [0.5, 0.6) is 0 Å². The van der Waals surface area contributed by atoms with Gasteiger partial charge in [0.15, 0.2) is 0 Å². The normalized spacial score (nSPS) is 12.7. The Morgan fingerprint density at radius 2 is 2.06 bits per heavy atom. The minimum Gasteiger partial charge on any atom is -0.458 e. The van der Waals surface area contributed by atoms with Crippen molar-refractivity contribution in [2.24, 2.45) is 5.73 Å². The van der Waals surface area contributed by atoms with E-state index in [0.717, 1.165) is 16.1 Å². The molecule has 3 rings (SSSR count). The predicted octanol–water partition coefficient (Wildman–Crippen LogP) is 3.29. The largest absolute Gasteiger partial charge is 0.458 e. The van der Waals surface area contributed by atoms with Gasteiger partial charge in [-0.15, -0.1) is 11.3 Å². The van der Waals surface area contributed by atoms with Gasteiger partial charge >= 0.3 is 5.97 Å². The van der Waals surface area contributed by atoms with Crippen LogP contribution in [0.15, 0.2) is 54.6 Å². The van der Waals surface area contributed by atoms with Crippen molar-refractivity contribution in [1.82, 2.24) is 19.9 Å². The number of nitrogens with two attached hydrogens (primary N) is 1. The maximum atomic E-state index is 13.0. The lowest BCUT2D eigenvalue weighted by Gasteiger charge is -2.24. The number of ether oxygens (including phenoxy) is 1. The summed E-state index contributed by atoms with van der Waals surface area (Å²) in [4.78, 5) is 45.4. The summed E-state index contributed by atoms with van der Waals surface area (Å²) in [5, 5.41) is 5.46. The number of amides is 2. The van der Waals surface area contributed by atoms with Crippen LogP contribution in [0.2, 0.25) is 0 Å². The third-order valence-electron chi connectivity index (χ3n) is 4.78. The number of nitrogens with zero attached hydrogens (tertiary/aromatic N) is 3. The van der Waals surface area contributed by atoms with Crippen molar-refractivity contribution >= 4 is 40.8 Å². The Balaban J connectivity index is 1.81. The molecule has 0 aliphatic carbocycles. The van der Waals surface area contributed by atoms with Crippen molar-refractivity contribution in [3.63, 3.8) is 0 Å². The predicted molar refractivity (Wildman–Crippen MR) is 134 cm³/mol. The monoisotopic (exact) mass is 495 g/mol. The van der Waals surface area contributed by atoms with Crippen molar-refractivity contribution in [2.75, 3.05) is 0 Å². The fourth-order valence-corrected chi connectivity index (χ4v) is 3.90. The van der Waals surface area contributed by atoms with Gasteiger partial charge < -0.3 is 20.4 Å². The van der Waals surface area contributed by atoms with Crippen LogP contribution in [-0.4, -0.2) is 44.0 Å². The summed E-state index contributed by atoms with van der Waals surface area (Å²) >= 11 is 1.52. The molecule has 0 bridgehead atoms. The zero-order valence-electron chi connectivity index (χ0n) is 19.9. The van der Waals surface area contributed by atoms with Crippen LogP contribution >= 0.6 is 11.3 Å². The van der Waals surface area contributed by atoms with E-state index in [1.807, 2.05) is 28.3 Å². The molecule has 2 heterocycles. The van der Waals surface area contributed by atoms with Gasteiger partial charge in [0.05, 0.1) is 12.9 Å². The average Bonchev–Trinajstić information content (AvgIpc) is 3.49. The van der Waals surface area contributed by atoms with E-state index < -0.39 is 29.4 Å². The highest BCUT2D eigenvalue weighted by Gasteiger charge is 2.27. The second-order valence-corrected chi connectivity index (χ2v) is 9.83. The Labute approximate surface area is 208 Å². The first-order valence-electron chi connectivity index (χ1n) is 11.1. The summed E-state index contributed by atoms with van der Waals surface area (Å²) in [6.45, 7) is 5.77. The lowest BCUT2D eigenvalue weighted by molar-refractivity contribution is -0.157. The summed E-state index contributed by atoms with van der Waals surface area (Å²) < 4.78 is 7.35. The fourth-order valence-electron chi connectivity index (χ4n) is 3.25. The van der Waals surface area contributed by atoms with E-state index in [2.05, 4.69) is 15.3 Å². The van der Waals surface area contributed by atoms with E-state index in [1.165, 1.54) is 11.3 Å². The third-order valence-corrected chi connectivity index (χ3v) is 5.63. The fraction of sp³-hybridized carbons (Fsp3) is 0.320. The second kappa shape index (κ2) is 11.6. The standard InChI is InChI=1S/C25H29N5O4S/c1-25(2,3)34-24(33)20(7-8-21(26)31)29-22(32)18-6-4-5-17(13-18)14-19(23-28-10-12-35-23)15-30-11-9-27-16-30/h4-6,9-14,16,20H,7-8,15H2,1-3H3,(H2,26,31)(H,29,32)/t20-/m0/s1. The Kier molecular flexibility index (Phi) is 8.53. The molecule has 3 N–H and O–H groups in total. The number of rotatable bonds is 10. The molecule has 0 saturated carbocycles. The molecule has 1 aromatic carbocycles. The molecular formula is C25H29N5O4S. The molecule has 2 aromatic heterocycles. The number of carbonyl (C=O) groups is 3. The number of primary amides is 1. The molecule has 0 saturated heterocycles. The quantitative estimate of drug-likeness (QED) is 0.415. The number of thiazole rings is 1. The van der Waals surface area contributed by atoms with E-state index in [1.54, 1.807) is 57.7 Å². The number of nitrogens with one attached hydrogen (secondary N) is 1. The van der Waals surface area contributed by atoms with Gasteiger partial charge in [-0.1, -0.05) is 12.1 Å². The van der Waals surface area contributed by atoms with Crippen LogP contribution in [0.3, 0.4) is 0 Å². The van der Waals surface area contributed by atoms with Crippen LogP contribution in [-0.2, 0) is 20.9 Å². The highest BCUT2D eigenvalue weighted by atomic mass is 32.1. The first-order valence-corrected chi connectivity index (χ1v) is 12.0. The lowest BCUT2D eigenvalue weighted by atomic mass is 10.1. The Hall–Kier alpha value is -3.79. The Morgan fingerprint density at radius 1 is 1.26 bits per heavy atom. The molecule has 0 unspecified atom stereocenters. The number of aromatic nitrogens is 3. The van der Waals surface area contributed by atoms with Crippen molar-refractivity contribution in [3.05, 3.63) is 70.7 Å².